The molecule has 0 radical (unpaired) electrons. The first kappa shape index (κ1) is 22.4. The van der Waals surface area contributed by atoms with Crippen LogP contribution in [0.15, 0.2) is 52.4 Å². The number of amides is 1. The first-order chi connectivity index (χ1) is 14.1. The van der Waals surface area contributed by atoms with E-state index in [1.165, 1.54) is 12.1 Å². The summed E-state index contributed by atoms with van der Waals surface area (Å²) in [5.41, 5.74) is 0.489. The number of carbonyl (C=O) groups is 1. The Bertz CT molecular complexity index is 1120. The van der Waals surface area contributed by atoms with Crippen molar-refractivity contribution in [1.29, 1.82) is 0 Å². The fourth-order valence-corrected chi connectivity index (χ4v) is 6.39. The van der Waals surface area contributed by atoms with Crippen molar-refractivity contribution in [2.45, 2.75) is 47.8 Å². The lowest BCUT2D eigenvalue weighted by Gasteiger charge is -2.21. The van der Waals surface area contributed by atoms with E-state index in [2.05, 4.69) is 10.3 Å². The smallest absolute Gasteiger partial charge is 0.233 e. The highest BCUT2D eigenvalue weighted by Gasteiger charge is 2.29. The summed E-state index contributed by atoms with van der Waals surface area (Å²) < 4.78 is 48.8. The molecule has 1 aliphatic rings. The molecule has 2 aromatic rings. The van der Waals surface area contributed by atoms with Crippen molar-refractivity contribution in [3.8, 4) is 0 Å². The van der Waals surface area contributed by atoms with Crippen molar-refractivity contribution in [2.24, 2.45) is 5.92 Å². The molecule has 9 heteroatoms. The molecule has 0 aliphatic heterocycles. The average Bonchev–Trinajstić information content (AvgIpc) is 3.18. The summed E-state index contributed by atoms with van der Waals surface area (Å²) in [5, 5.41) is 2.80. The number of carbonyl (C=O) groups excluding carboxylic acids is 1. The maximum atomic E-state index is 13.1. The number of rotatable bonds is 7. The second-order valence-corrected chi connectivity index (χ2v) is 11.9. The highest BCUT2D eigenvalue weighted by Crippen LogP contribution is 2.36. The highest BCUT2D eigenvalue weighted by atomic mass is 32.2. The number of anilines is 1. The second kappa shape index (κ2) is 8.85. The Kier molecular flexibility index (Phi) is 6.62. The van der Waals surface area contributed by atoms with Crippen LogP contribution in [0.3, 0.4) is 0 Å². The van der Waals surface area contributed by atoms with Gasteiger partial charge in [0.15, 0.2) is 19.7 Å². The van der Waals surface area contributed by atoms with Crippen LogP contribution in [0.5, 0.6) is 0 Å². The Labute approximate surface area is 177 Å². The molecule has 1 aromatic carbocycles. The molecule has 1 aromatic heterocycles. The third kappa shape index (κ3) is 5.46. The van der Waals surface area contributed by atoms with Gasteiger partial charge in [-0.05, 0) is 42.2 Å². The monoisotopic (exact) mass is 450 g/mol. The van der Waals surface area contributed by atoms with Gasteiger partial charge >= 0.3 is 0 Å². The molecule has 1 aliphatic carbocycles. The van der Waals surface area contributed by atoms with Gasteiger partial charge in [-0.1, -0.05) is 37.8 Å². The highest BCUT2D eigenvalue weighted by molar-refractivity contribution is 7.93. The van der Waals surface area contributed by atoms with Crippen LogP contribution in [0, 0.1) is 5.92 Å². The van der Waals surface area contributed by atoms with Crippen LogP contribution < -0.4 is 5.32 Å². The predicted molar refractivity (Wildman–Crippen MR) is 115 cm³/mol. The Morgan fingerprint density at radius 3 is 2.27 bits per heavy atom. The largest absolute Gasteiger partial charge is 0.310 e. The molecule has 1 N–H and O–H groups in total. The maximum Gasteiger partial charge on any atom is 0.233 e. The van der Waals surface area contributed by atoms with E-state index in [0.717, 1.165) is 38.2 Å². The van der Waals surface area contributed by atoms with Gasteiger partial charge in [0.1, 0.15) is 5.82 Å². The van der Waals surface area contributed by atoms with Crippen LogP contribution in [0.2, 0.25) is 0 Å². The summed E-state index contributed by atoms with van der Waals surface area (Å²) in [4.78, 5) is 16.7. The number of pyridine rings is 1. The van der Waals surface area contributed by atoms with Gasteiger partial charge in [0.25, 0.3) is 0 Å². The van der Waals surface area contributed by atoms with Crippen molar-refractivity contribution in [1.82, 2.24) is 4.98 Å². The van der Waals surface area contributed by atoms with E-state index in [0.29, 0.717) is 23.7 Å². The zero-order chi connectivity index (χ0) is 21.9. The van der Waals surface area contributed by atoms with E-state index in [1.54, 1.807) is 30.5 Å². The van der Waals surface area contributed by atoms with Crippen LogP contribution in [-0.4, -0.2) is 40.2 Å². The molecule has 1 saturated carbocycles. The van der Waals surface area contributed by atoms with Crippen LogP contribution in [0.4, 0.5) is 5.82 Å². The molecule has 1 fully saturated rings. The first-order valence-corrected chi connectivity index (χ1v) is 13.6. The van der Waals surface area contributed by atoms with Gasteiger partial charge in [0.05, 0.1) is 15.7 Å². The molecule has 3 rings (SSSR count). The Balaban J connectivity index is 2.03. The number of sulfone groups is 2. The van der Waals surface area contributed by atoms with Gasteiger partial charge in [0.2, 0.25) is 5.91 Å². The summed E-state index contributed by atoms with van der Waals surface area (Å²) in [5.74, 6) is -0.118. The van der Waals surface area contributed by atoms with Gasteiger partial charge in [-0.3, -0.25) is 4.79 Å². The Morgan fingerprint density at radius 2 is 1.70 bits per heavy atom. The predicted octanol–water partition coefficient (Wildman–Crippen LogP) is 3.19. The lowest BCUT2D eigenvalue weighted by molar-refractivity contribution is -0.118. The summed E-state index contributed by atoms with van der Waals surface area (Å²) >= 11 is 0. The number of aromatic nitrogens is 1. The minimum Gasteiger partial charge on any atom is -0.310 e. The van der Waals surface area contributed by atoms with Crippen molar-refractivity contribution in [2.75, 3.05) is 17.8 Å². The van der Waals surface area contributed by atoms with E-state index >= 15 is 0 Å². The molecule has 0 spiro atoms. The number of hydrogen-bond acceptors (Lipinski definition) is 6. The molecule has 30 heavy (non-hydrogen) atoms. The van der Waals surface area contributed by atoms with Crippen molar-refractivity contribution >= 4 is 31.4 Å². The Hall–Kier alpha value is -2.26. The van der Waals surface area contributed by atoms with Crippen molar-refractivity contribution in [3.63, 3.8) is 0 Å². The fraction of sp³-hybridized carbons (Fsp3) is 0.429. The summed E-state index contributed by atoms with van der Waals surface area (Å²) in [6.07, 6.45) is 8.36. The van der Waals surface area contributed by atoms with Crippen LogP contribution in [0.25, 0.3) is 0 Å². The molecule has 7 nitrogen and oxygen atoms in total. The quantitative estimate of drug-likeness (QED) is 0.694. The maximum absolute atomic E-state index is 13.1. The standard InChI is InChI=1S/C21H26N2O5S2/c1-29(25,26)18-11-10-16(14-19(18)30(2,27)28)17(13-15-7-3-4-8-15)21(24)23-20-9-5-6-12-22-20/h5-6,9-12,14-15,17H,3-4,7-8,13H2,1-2H3,(H,22,23,24). The third-order valence-electron chi connectivity index (χ3n) is 5.45. The van der Waals surface area contributed by atoms with Gasteiger partial charge in [-0.25, -0.2) is 21.8 Å². The van der Waals surface area contributed by atoms with Gasteiger partial charge in [0, 0.05) is 18.7 Å². The second-order valence-electron chi connectivity index (χ2n) is 7.89. The SMILES string of the molecule is CS(=O)(=O)c1ccc(C(CC2CCCC2)C(=O)Nc2ccccn2)cc1S(C)(=O)=O. The minimum absolute atomic E-state index is 0.251. The number of nitrogens with zero attached hydrogens (tertiary/aromatic N) is 1. The normalized spacial score (nSPS) is 16.3. The topological polar surface area (TPSA) is 110 Å². The number of benzene rings is 1. The Morgan fingerprint density at radius 1 is 1.03 bits per heavy atom. The molecular weight excluding hydrogens is 424 g/mol. The van der Waals surface area contributed by atoms with Crippen molar-refractivity contribution in [3.05, 3.63) is 48.2 Å². The molecule has 162 valence electrons. The van der Waals surface area contributed by atoms with E-state index in [1.807, 2.05) is 0 Å². The summed E-state index contributed by atoms with van der Waals surface area (Å²) in [6, 6.07) is 9.35. The van der Waals surface area contributed by atoms with E-state index < -0.39 is 25.6 Å². The molecule has 1 unspecified atom stereocenters. The molecule has 1 atom stereocenters. The molecule has 1 amide bonds. The molecule has 1 heterocycles. The fourth-order valence-electron chi connectivity index (χ4n) is 3.96. The number of hydrogen-bond donors (Lipinski definition) is 1. The lowest BCUT2D eigenvalue weighted by Crippen LogP contribution is -2.24. The van der Waals surface area contributed by atoms with Gasteiger partial charge in [-0.15, -0.1) is 0 Å². The van der Waals surface area contributed by atoms with E-state index in [9.17, 15) is 21.6 Å². The molecular formula is C21H26N2O5S2. The van der Waals surface area contributed by atoms with E-state index in [4.69, 9.17) is 0 Å². The van der Waals surface area contributed by atoms with Gasteiger partial charge < -0.3 is 5.32 Å². The van der Waals surface area contributed by atoms with Crippen LogP contribution in [-0.2, 0) is 24.5 Å². The van der Waals surface area contributed by atoms with Crippen LogP contribution >= 0.6 is 0 Å². The lowest BCUT2D eigenvalue weighted by atomic mass is 9.87. The molecule has 0 bridgehead atoms. The first-order valence-electron chi connectivity index (χ1n) is 9.81. The van der Waals surface area contributed by atoms with E-state index in [-0.39, 0.29) is 15.7 Å². The number of nitrogens with one attached hydrogen (secondary N) is 1. The molecule has 0 saturated heterocycles. The minimum atomic E-state index is -3.81. The van der Waals surface area contributed by atoms with Gasteiger partial charge in [-0.2, -0.15) is 0 Å². The average molecular weight is 451 g/mol. The van der Waals surface area contributed by atoms with Crippen LogP contribution in [0.1, 0.15) is 43.6 Å². The third-order valence-corrected chi connectivity index (χ3v) is 7.87. The summed E-state index contributed by atoms with van der Waals surface area (Å²) in [6.45, 7) is 0. The zero-order valence-corrected chi connectivity index (χ0v) is 18.7. The van der Waals surface area contributed by atoms with Crippen molar-refractivity contribution < 1.29 is 21.6 Å². The zero-order valence-electron chi connectivity index (χ0n) is 17.0. The summed E-state index contributed by atoms with van der Waals surface area (Å²) in [7, 11) is -7.55.